The summed E-state index contributed by atoms with van der Waals surface area (Å²) in [4.78, 5) is 14.2. The number of nitrogens with zero attached hydrogens (tertiary/aromatic N) is 1. The SMILES string of the molecule is CC1C2Cc3ccc(OC(=O)CCl)cc3C1(c1ccccc1)CCN2C. The topological polar surface area (TPSA) is 29.5 Å². The minimum absolute atomic E-state index is 0.0462. The first-order chi connectivity index (χ1) is 12.6. The van der Waals surface area contributed by atoms with Crippen molar-refractivity contribution in [3.63, 3.8) is 0 Å². The van der Waals surface area contributed by atoms with Gasteiger partial charge >= 0.3 is 5.97 Å². The smallest absolute Gasteiger partial charge is 0.326 e. The van der Waals surface area contributed by atoms with E-state index in [2.05, 4.69) is 61.3 Å². The first-order valence-electron chi connectivity index (χ1n) is 9.22. The van der Waals surface area contributed by atoms with Crippen molar-refractivity contribution in [2.45, 2.75) is 31.2 Å². The maximum atomic E-state index is 11.7. The molecule has 0 aromatic heterocycles. The fraction of sp³-hybridized carbons (Fsp3) is 0.409. The van der Waals surface area contributed by atoms with E-state index < -0.39 is 5.97 Å². The summed E-state index contributed by atoms with van der Waals surface area (Å²) in [6, 6.07) is 17.4. The molecule has 1 aliphatic heterocycles. The lowest BCUT2D eigenvalue weighted by Gasteiger charge is -2.55. The van der Waals surface area contributed by atoms with Crippen LogP contribution in [-0.2, 0) is 16.6 Å². The van der Waals surface area contributed by atoms with E-state index >= 15 is 0 Å². The molecule has 0 saturated carbocycles. The first-order valence-corrected chi connectivity index (χ1v) is 9.75. The van der Waals surface area contributed by atoms with Crippen molar-refractivity contribution in [3.05, 3.63) is 65.2 Å². The Labute approximate surface area is 159 Å². The number of esters is 1. The second kappa shape index (κ2) is 6.71. The second-order valence-electron chi connectivity index (χ2n) is 7.55. The molecule has 136 valence electrons. The van der Waals surface area contributed by atoms with Gasteiger partial charge < -0.3 is 9.64 Å². The third-order valence-corrected chi connectivity index (χ3v) is 6.62. The highest BCUT2D eigenvalue weighted by atomic mass is 35.5. The van der Waals surface area contributed by atoms with Crippen molar-refractivity contribution in [2.24, 2.45) is 5.92 Å². The molecule has 2 aromatic carbocycles. The van der Waals surface area contributed by atoms with Gasteiger partial charge in [0.25, 0.3) is 0 Å². The van der Waals surface area contributed by atoms with Gasteiger partial charge in [0.05, 0.1) is 0 Å². The highest BCUT2D eigenvalue weighted by Gasteiger charge is 2.51. The molecule has 0 amide bonds. The van der Waals surface area contributed by atoms with Crippen molar-refractivity contribution in [3.8, 4) is 5.75 Å². The average molecular weight is 370 g/mol. The summed E-state index contributed by atoms with van der Waals surface area (Å²) in [5.74, 6) is 0.527. The standard InChI is InChI=1S/C22H24ClNO2/c1-15-20-12-16-8-9-18(26-21(25)14-23)13-19(16)22(15,10-11-24(20)2)17-6-4-3-5-7-17/h3-9,13,15,20H,10-12,14H2,1-2H3. The van der Waals surface area contributed by atoms with Gasteiger partial charge in [-0.15, -0.1) is 11.6 Å². The maximum absolute atomic E-state index is 11.7. The van der Waals surface area contributed by atoms with Crippen LogP contribution in [0.3, 0.4) is 0 Å². The number of benzene rings is 2. The normalized spacial score (nSPS) is 27.7. The zero-order valence-electron chi connectivity index (χ0n) is 15.2. The lowest BCUT2D eigenvalue weighted by molar-refractivity contribution is -0.131. The molecule has 1 aliphatic carbocycles. The van der Waals surface area contributed by atoms with Crippen LogP contribution in [0.15, 0.2) is 48.5 Å². The summed E-state index contributed by atoms with van der Waals surface area (Å²) in [7, 11) is 2.23. The van der Waals surface area contributed by atoms with Crippen molar-refractivity contribution in [1.29, 1.82) is 0 Å². The minimum atomic E-state index is -0.412. The second-order valence-corrected chi connectivity index (χ2v) is 7.82. The zero-order valence-corrected chi connectivity index (χ0v) is 16.0. The fourth-order valence-electron chi connectivity index (χ4n) is 5.06. The van der Waals surface area contributed by atoms with Crippen LogP contribution in [0.1, 0.15) is 30.0 Å². The zero-order chi connectivity index (χ0) is 18.3. The van der Waals surface area contributed by atoms with Crippen LogP contribution in [0.25, 0.3) is 0 Å². The summed E-state index contributed by atoms with van der Waals surface area (Å²) >= 11 is 5.61. The van der Waals surface area contributed by atoms with Gasteiger partial charge in [-0.1, -0.05) is 43.3 Å². The molecule has 0 radical (unpaired) electrons. The van der Waals surface area contributed by atoms with E-state index in [1.54, 1.807) is 0 Å². The number of fused-ring (bicyclic) bond motifs is 4. The quantitative estimate of drug-likeness (QED) is 0.465. The number of ether oxygens (including phenoxy) is 1. The molecule has 2 aliphatic rings. The molecule has 0 N–H and O–H groups in total. The maximum Gasteiger partial charge on any atom is 0.326 e. The fourth-order valence-corrected chi connectivity index (χ4v) is 5.12. The molecule has 1 saturated heterocycles. The average Bonchev–Trinajstić information content (AvgIpc) is 2.66. The van der Waals surface area contributed by atoms with Crippen LogP contribution in [0.4, 0.5) is 0 Å². The summed E-state index contributed by atoms with van der Waals surface area (Å²) < 4.78 is 5.42. The van der Waals surface area contributed by atoms with Crippen LogP contribution < -0.4 is 4.74 Å². The third-order valence-electron chi connectivity index (χ3n) is 6.40. The Balaban J connectivity index is 1.88. The van der Waals surface area contributed by atoms with E-state index in [1.165, 1.54) is 16.7 Å². The van der Waals surface area contributed by atoms with Gasteiger partial charge in [-0.2, -0.15) is 0 Å². The summed E-state index contributed by atoms with van der Waals surface area (Å²) in [5, 5.41) is 0. The molecule has 4 heteroatoms. The number of piperidine rings is 1. The lowest BCUT2D eigenvalue weighted by atomic mass is 9.55. The van der Waals surface area contributed by atoms with E-state index in [0.29, 0.717) is 17.7 Å². The molecule has 0 spiro atoms. The van der Waals surface area contributed by atoms with Gasteiger partial charge in [0.2, 0.25) is 0 Å². The van der Waals surface area contributed by atoms with Crippen LogP contribution >= 0.6 is 11.6 Å². The lowest BCUT2D eigenvalue weighted by Crippen LogP contribution is -2.58. The van der Waals surface area contributed by atoms with Gasteiger partial charge in [-0.05, 0) is 61.2 Å². The Hall–Kier alpha value is -1.84. The Bertz CT molecular complexity index is 822. The molecular formula is C22H24ClNO2. The third kappa shape index (κ3) is 2.65. The van der Waals surface area contributed by atoms with Crippen molar-refractivity contribution >= 4 is 17.6 Å². The predicted molar refractivity (Wildman–Crippen MR) is 104 cm³/mol. The number of halogens is 1. The van der Waals surface area contributed by atoms with Gasteiger partial charge in [0.1, 0.15) is 11.6 Å². The van der Waals surface area contributed by atoms with Gasteiger partial charge in [-0.3, -0.25) is 4.79 Å². The molecule has 2 bridgehead atoms. The molecule has 1 heterocycles. The number of alkyl halides is 1. The van der Waals surface area contributed by atoms with E-state index in [1.807, 2.05) is 6.07 Å². The van der Waals surface area contributed by atoms with E-state index in [-0.39, 0.29) is 11.3 Å². The minimum Gasteiger partial charge on any atom is -0.426 e. The summed E-state index contributed by atoms with van der Waals surface area (Å²) in [6.45, 7) is 3.43. The molecule has 1 fully saturated rings. The molecule has 26 heavy (non-hydrogen) atoms. The number of carbonyl (C=O) groups excluding carboxylic acids is 1. The van der Waals surface area contributed by atoms with Crippen LogP contribution in [0, 0.1) is 5.92 Å². The Morgan fingerprint density at radius 3 is 2.77 bits per heavy atom. The van der Waals surface area contributed by atoms with Crippen LogP contribution in [0.2, 0.25) is 0 Å². The Morgan fingerprint density at radius 1 is 1.27 bits per heavy atom. The van der Waals surface area contributed by atoms with Crippen molar-refractivity contribution in [1.82, 2.24) is 4.90 Å². The molecule has 3 atom stereocenters. The van der Waals surface area contributed by atoms with E-state index in [4.69, 9.17) is 16.3 Å². The molecule has 4 rings (SSSR count). The van der Waals surface area contributed by atoms with E-state index in [0.717, 1.165) is 19.4 Å². The number of likely N-dealkylation sites (N-methyl/N-ethyl adjacent to an activating group) is 1. The highest BCUT2D eigenvalue weighted by Crippen LogP contribution is 2.53. The summed E-state index contributed by atoms with van der Waals surface area (Å²) in [5.41, 5.74) is 3.97. The number of hydrogen-bond acceptors (Lipinski definition) is 3. The summed E-state index contributed by atoms with van der Waals surface area (Å²) in [6.07, 6.45) is 2.09. The van der Waals surface area contributed by atoms with Gasteiger partial charge in [0.15, 0.2) is 0 Å². The van der Waals surface area contributed by atoms with Gasteiger partial charge in [0, 0.05) is 11.5 Å². The molecule has 3 unspecified atom stereocenters. The van der Waals surface area contributed by atoms with E-state index in [9.17, 15) is 4.79 Å². The monoisotopic (exact) mass is 369 g/mol. The van der Waals surface area contributed by atoms with Crippen LogP contribution in [-0.4, -0.2) is 36.4 Å². The van der Waals surface area contributed by atoms with Crippen molar-refractivity contribution in [2.75, 3.05) is 19.5 Å². The Kier molecular flexibility index (Phi) is 4.54. The molecule has 3 nitrogen and oxygen atoms in total. The number of hydrogen-bond donors (Lipinski definition) is 0. The first kappa shape index (κ1) is 17.6. The Morgan fingerprint density at radius 2 is 2.04 bits per heavy atom. The van der Waals surface area contributed by atoms with Gasteiger partial charge in [-0.25, -0.2) is 0 Å². The predicted octanol–water partition coefficient (Wildman–Crippen LogP) is 4.01. The highest BCUT2D eigenvalue weighted by molar-refractivity contribution is 6.26. The number of carbonyl (C=O) groups is 1. The van der Waals surface area contributed by atoms with Crippen molar-refractivity contribution < 1.29 is 9.53 Å². The number of rotatable bonds is 3. The number of likely N-dealkylation sites (tertiary alicyclic amines) is 1. The largest absolute Gasteiger partial charge is 0.426 e. The molecular weight excluding hydrogens is 346 g/mol. The molecule has 2 aromatic rings. The van der Waals surface area contributed by atoms with Crippen LogP contribution in [0.5, 0.6) is 5.75 Å².